The van der Waals surface area contributed by atoms with Crippen LogP contribution >= 0.6 is 0 Å². The third-order valence-corrected chi connectivity index (χ3v) is 3.61. The zero-order chi connectivity index (χ0) is 17.5. The molecular formula is C20H24N2O2. The number of carbonyl (C=O) groups excluding carboxylic acids is 1. The molecule has 0 bridgehead atoms. The standard InChI is InChI=1S/C20H24N2O2/c1-14(2)20(17-8-6-5-7-9-17)22-21-19(23)13-24-18-11-10-15(3)12-16(18)4/h5-12,14H,13H2,1-4H3,(H,21,23). The molecule has 0 aromatic heterocycles. The Kier molecular flexibility index (Phi) is 6.13. The molecule has 24 heavy (non-hydrogen) atoms. The molecule has 0 radical (unpaired) electrons. The van der Waals surface area contributed by atoms with Gasteiger partial charge in [-0.3, -0.25) is 4.79 Å². The zero-order valence-electron chi connectivity index (χ0n) is 14.7. The van der Waals surface area contributed by atoms with Crippen molar-refractivity contribution < 1.29 is 9.53 Å². The third kappa shape index (κ3) is 4.95. The van der Waals surface area contributed by atoms with Crippen LogP contribution in [0.25, 0.3) is 0 Å². The lowest BCUT2D eigenvalue weighted by molar-refractivity contribution is -0.123. The van der Waals surface area contributed by atoms with Crippen LogP contribution in [-0.2, 0) is 4.79 Å². The summed E-state index contributed by atoms with van der Waals surface area (Å²) in [6, 6.07) is 15.7. The lowest BCUT2D eigenvalue weighted by atomic mass is 10.0. The molecule has 0 saturated heterocycles. The number of nitrogens with one attached hydrogen (secondary N) is 1. The van der Waals surface area contributed by atoms with Crippen LogP contribution in [0.2, 0.25) is 0 Å². The Morgan fingerprint density at radius 3 is 2.46 bits per heavy atom. The van der Waals surface area contributed by atoms with Gasteiger partial charge in [-0.05, 0) is 37.0 Å². The Labute approximate surface area is 143 Å². The molecule has 1 N–H and O–H groups in total. The van der Waals surface area contributed by atoms with Crippen molar-refractivity contribution in [2.24, 2.45) is 11.0 Å². The zero-order valence-corrected chi connectivity index (χ0v) is 14.7. The van der Waals surface area contributed by atoms with Crippen molar-refractivity contribution in [2.45, 2.75) is 27.7 Å². The highest BCUT2D eigenvalue weighted by atomic mass is 16.5. The molecule has 0 spiro atoms. The summed E-state index contributed by atoms with van der Waals surface area (Å²) >= 11 is 0. The fourth-order valence-corrected chi connectivity index (χ4v) is 2.40. The van der Waals surface area contributed by atoms with E-state index < -0.39 is 0 Å². The maximum Gasteiger partial charge on any atom is 0.277 e. The number of hydrazone groups is 1. The van der Waals surface area contributed by atoms with E-state index in [1.165, 1.54) is 5.56 Å². The van der Waals surface area contributed by atoms with Gasteiger partial charge in [-0.25, -0.2) is 5.43 Å². The molecule has 0 atom stereocenters. The molecule has 0 aliphatic rings. The monoisotopic (exact) mass is 324 g/mol. The van der Waals surface area contributed by atoms with E-state index >= 15 is 0 Å². The topological polar surface area (TPSA) is 50.7 Å². The second-order valence-corrected chi connectivity index (χ2v) is 6.11. The molecule has 0 heterocycles. The van der Waals surface area contributed by atoms with Crippen molar-refractivity contribution in [2.75, 3.05) is 6.61 Å². The summed E-state index contributed by atoms with van der Waals surface area (Å²) < 4.78 is 5.57. The highest BCUT2D eigenvalue weighted by molar-refractivity contribution is 6.02. The quantitative estimate of drug-likeness (QED) is 0.648. The summed E-state index contributed by atoms with van der Waals surface area (Å²) in [6.07, 6.45) is 0. The predicted octanol–water partition coefficient (Wildman–Crippen LogP) is 3.86. The Morgan fingerprint density at radius 1 is 1.12 bits per heavy atom. The summed E-state index contributed by atoms with van der Waals surface area (Å²) in [5, 5.41) is 4.28. The van der Waals surface area contributed by atoms with Crippen LogP contribution in [0.4, 0.5) is 0 Å². The largest absolute Gasteiger partial charge is 0.483 e. The molecule has 1 amide bonds. The van der Waals surface area contributed by atoms with Gasteiger partial charge in [0.25, 0.3) is 5.91 Å². The van der Waals surface area contributed by atoms with E-state index in [1.807, 2.05) is 76.2 Å². The van der Waals surface area contributed by atoms with Crippen LogP contribution in [0.1, 0.15) is 30.5 Å². The maximum atomic E-state index is 12.0. The molecular weight excluding hydrogens is 300 g/mol. The van der Waals surface area contributed by atoms with Crippen LogP contribution in [0, 0.1) is 19.8 Å². The number of benzene rings is 2. The summed E-state index contributed by atoms with van der Waals surface area (Å²) in [4.78, 5) is 12.0. The minimum absolute atomic E-state index is 0.0619. The summed E-state index contributed by atoms with van der Waals surface area (Å²) in [6.45, 7) is 8.02. The minimum Gasteiger partial charge on any atom is -0.483 e. The van der Waals surface area contributed by atoms with Crippen molar-refractivity contribution in [3.8, 4) is 5.75 Å². The highest BCUT2D eigenvalue weighted by Gasteiger charge is 2.10. The first-order valence-corrected chi connectivity index (χ1v) is 8.09. The second kappa shape index (κ2) is 8.29. The number of aryl methyl sites for hydroxylation is 2. The molecule has 0 aliphatic heterocycles. The minimum atomic E-state index is -0.274. The van der Waals surface area contributed by atoms with E-state index in [2.05, 4.69) is 10.5 Å². The van der Waals surface area contributed by atoms with Gasteiger partial charge in [-0.2, -0.15) is 5.10 Å². The van der Waals surface area contributed by atoms with E-state index in [4.69, 9.17) is 4.74 Å². The SMILES string of the molecule is Cc1ccc(OCC(=O)NN=C(c2ccccc2)C(C)C)c(C)c1. The van der Waals surface area contributed by atoms with Gasteiger partial charge in [-0.15, -0.1) is 0 Å². The van der Waals surface area contributed by atoms with Gasteiger partial charge >= 0.3 is 0 Å². The first-order valence-electron chi connectivity index (χ1n) is 8.09. The highest BCUT2D eigenvalue weighted by Crippen LogP contribution is 2.18. The number of rotatable bonds is 6. The van der Waals surface area contributed by atoms with Crippen LogP contribution in [0.15, 0.2) is 53.6 Å². The lowest BCUT2D eigenvalue weighted by Gasteiger charge is -2.12. The van der Waals surface area contributed by atoms with Gasteiger partial charge in [0.1, 0.15) is 5.75 Å². The Bertz CT molecular complexity index is 722. The van der Waals surface area contributed by atoms with Crippen LogP contribution < -0.4 is 10.2 Å². The maximum absolute atomic E-state index is 12.0. The molecule has 0 aliphatic carbocycles. The number of nitrogens with zero attached hydrogens (tertiary/aromatic N) is 1. The number of carbonyl (C=O) groups is 1. The molecule has 2 rings (SSSR count). The van der Waals surface area contributed by atoms with E-state index in [9.17, 15) is 4.79 Å². The Hall–Kier alpha value is -2.62. The van der Waals surface area contributed by atoms with Gasteiger partial charge in [0, 0.05) is 0 Å². The number of hydrogen-bond acceptors (Lipinski definition) is 3. The third-order valence-electron chi connectivity index (χ3n) is 3.61. The van der Waals surface area contributed by atoms with Gasteiger partial charge < -0.3 is 4.74 Å². The molecule has 0 fully saturated rings. The lowest BCUT2D eigenvalue weighted by Crippen LogP contribution is -2.27. The number of hydrogen-bond donors (Lipinski definition) is 1. The van der Waals surface area contributed by atoms with E-state index in [1.54, 1.807) is 0 Å². The molecule has 0 unspecified atom stereocenters. The van der Waals surface area contributed by atoms with Crippen molar-refractivity contribution in [3.63, 3.8) is 0 Å². The second-order valence-electron chi connectivity index (χ2n) is 6.11. The molecule has 4 nitrogen and oxygen atoms in total. The molecule has 2 aromatic carbocycles. The molecule has 126 valence electrons. The fourth-order valence-electron chi connectivity index (χ4n) is 2.40. The van der Waals surface area contributed by atoms with Gasteiger partial charge in [0.15, 0.2) is 6.61 Å². The normalized spacial score (nSPS) is 11.5. The number of amides is 1. The van der Waals surface area contributed by atoms with Crippen LogP contribution in [0.3, 0.4) is 0 Å². The van der Waals surface area contributed by atoms with Crippen LogP contribution in [-0.4, -0.2) is 18.2 Å². The van der Waals surface area contributed by atoms with Crippen molar-refractivity contribution >= 4 is 11.6 Å². The van der Waals surface area contributed by atoms with Crippen molar-refractivity contribution in [3.05, 3.63) is 65.2 Å². The van der Waals surface area contributed by atoms with Gasteiger partial charge in [-0.1, -0.05) is 61.9 Å². The van der Waals surface area contributed by atoms with Gasteiger partial charge in [0.2, 0.25) is 0 Å². The smallest absolute Gasteiger partial charge is 0.277 e. The van der Waals surface area contributed by atoms with Crippen molar-refractivity contribution in [1.82, 2.24) is 5.43 Å². The summed E-state index contributed by atoms with van der Waals surface area (Å²) in [7, 11) is 0. The van der Waals surface area contributed by atoms with Gasteiger partial charge in [0.05, 0.1) is 5.71 Å². The molecule has 0 saturated carbocycles. The van der Waals surface area contributed by atoms with E-state index in [0.29, 0.717) is 5.75 Å². The van der Waals surface area contributed by atoms with Crippen LogP contribution in [0.5, 0.6) is 5.75 Å². The Morgan fingerprint density at radius 2 is 1.83 bits per heavy atom. The average molecular weight is 324 g/mol. The predicted molar refractivity (Wildman–Crippen MR) is 97.4 cm³/mol. The molecule has 4 heteroatoms. The number of ether oxygens (including phenoxy) is 1. The summed E-state index contributed by atoms with van der Waals surface area (Å²) in [5.41, 5.74) is 6.61. The first kappa shape index (κ1) is 17.7. The van der Waals surface area contributed by atoms with E-state index in [0.717, 1.165) is 16.8 Å². The Balaban J connectivity index is 1.98. The fraction of sp³-hybridized carbons (Fsp3) is 0.300. The molecule has 2 aromatic rings. The summed E-state index contributed by atoms with van der Waals surface area (Å²) in [5.74, 6) is 0.642. The van der Waals surface area contributed by atoms with E-state index in [-0.39, 0.29) is 18.4 Å². The van der Waals surface area contributed by atoms with Crippen molar-refractivity contribution in [1.29, 1.82) is 0 Å². The average Bonchev–Trinajstić information content (AvgIpc) is 2.55. The first-order chi connectivity index (χ1) is 11.5.